The van der Waals surface area contributed by atoms with E-state index in [1.807, 2.05) is 0 Å². The summed E-state index contributed by atoms with van der Waals surface area (Å²) >= 11 is 0. The highest BCUT2D eigenvalue weighted by Crippen LogP contribution is 2.56. The van der Waals surface area contributed by atoms with Gasteiger partial charge in [0.1, 0.15) is 0 Å². The highest BCUT2D eigenvalue weighted by atomic mass is 32.3. The lowest BCUT2D eigenvalue weighted by molar-refractivity contribution is -0.246. The van der Waals surface area contributed by atoms with Crippen LogP contribution in [0.1, 0.15) is 47.8 Å². The zero-order valence-corrected chi connectivity index (χ0v) is 18.3. The maximum absolute atomic E-state index is 14.1. The Morgan fingerprint density at radius 1 is 1.07 bits per heavy atom. The second-order valence-corrected chi connectivity index (χ2v) is 12.3. The predicted molar refractivity (Wildman–Crippen MR) is 117 cm³/mol. The van der Waals surface area contributed by atoms with Crippen LogP contribution < -0.4 is 5.73 Å². The van der Waals surface area contributed by atoms with E-state index in [1.165, 1.54) is 24.3 Å². The molecule has 3 N–H and O–H groups in total. The van der Waals surface area contributed by atoms with E-state index in [-0.39, 0.29) is 27.8 Å². The fourth-order valence-corrected chi connectivity index (χ4v) is 7.22. The van der Waals surface area contributed by atoms with Crippen molar-refractivity contribution in [3.8, 4) is 11.1 Å². The van der Waals surface area contributed by atoms with Gasteiger partial charge in [-0.3, -0.25) is 4.79 Å². The lowest BCUT2D eigenvalue weighted by Crippen LogP contribution is -2.41. The van der Waals surface area contributed by atoms with Crippen LogP contribution in [0.4, 0.5) is 13.2 Å². The Labute approximate surface area is 176 Å². The third kappa shape index (κ3) is 3.42. The van der Waals surface area contributed by atoms with Crippen molar-refractivity contribution < 1.29 is 23.1 Å². The first-order chi connectivity index (χ1) is 14.0. The molecule has 1 aliphatic rings. The minimum atomic E-state index is -4.94. The third-order valence-corrected chi connectivity index (χ3v) is 11.3. The molecular formula is C23H28F3NO2S. The summed E-state index contributed by atoms with van der Waals surface area (Å²) in [5.41, 5.74) is 2.76. The van der Waals surface area contributed by atoms with E-state index in [1.54, 1.807) is 12.1 Å². The van der Waals surface area contributed by atoms with E-state index in [9.17, 15) is 23.1 Å². The van der Waals surface area contributed by atoms with Crippen LogP contribution in [-0.2, 0) is 12.0 Å². The number of nitrogens with two attached hydrogens (primary N) is 1. The normalized spacial score (nSPS) is 18.8. The monoisotopic (exact) mass is 439 g/mol. The number of hydrogen-bond acceptors (Lipinski definition) is 2. The number of primary amides is 1. The molecule has 1 aliphatic carbocycles. The molecular weight excluding hydrogens is 411 g/mol. The van der Waals surface area contributed by atoms with E-state index in [4.69, 9.17) is 5.73 Å². The molecule has 0 bridgehead atoms. The van der Waals surface area contributed by atoms with Gasteiger partial charge in [-0.2, -0.15) is 13.2 Å². The molecule has 0 heterocycles. The van der Waals surface area contributed by atoms with Crippen LogP contribution in [0.3, 0.4) is 0 Å². The molecule has 1 amide bonds. The molecule has 0 fully saturated rings. The fraction of sp³-hybridized carbons (Fsp3) is 0.435. The number of alkyl halides is 3. The van der Waals surface area contributed by atoms with Gasteiger partial charge >= 0.3 is 6.18 Å². The number of hydrogen-bond donors (Lipinski definition) is 2. The van der Waals surface area contributed by atoms with Crippen molar-refractivity contribution in [1.29, 1.82) is 0 Å². The van der Waals surface area contributed by atoms with Crippen LogP contribution >= 0.6 is 10.0 Å². The lowest BCUT2D eigenvalue weighted by Gasteiger charge is -2.37. The molecule has 0 radical (unpaired) electrons. The van der Waals surface area contributed by atoms with Gasteiger partial charge in [0.2, 0.25) is 11.5 Å². The highest BCUT2D eigenvalue weighted by molar-refractivity contribution is 8.33. The van der Waals surface area contributed by atoms with Crippen molar-refractivity contribution in [3.05, 3.63) is 58.7 Å². The van der Waals surface area contributed by atoms with Crippen molar-refractivity contribution in [2.24, 2.45) is 5.73 Å². The zero-order valence-electron chi connectivity index (χ0n) is 17.5. The number of fused-ring (bicyclic) bond motifs is 3. The minimum absolute atomic E-state index is 0.0280. The van der Waals surface area contributed by atoms with Gasteiger partial charge in [-0.1, -0.05) is 51.1 Å². The first kappa shape index (κ1) is 22.7. The highest BCUT2D eigenvalue weighted by Gasteiger charge is 2.61. The van der Waals surface area contributed by atoms with E-state index in [0.29, 0.717) is 12.0 Å². The summed E-state index contributed by atoms with van der Waals surface area (Å²) in [5.74, 6) is 3.21. The zero-order chi connectivity index (χ0) is 22.3. The first-order valence-electron chi connectivity index (χ1n) is 10.1. The summed E-state index contributed by atoms with van der Waals surface area (Å²) in [6, 6.07) is 8.81. The van der Waals surface area contributed by atoms with Gasteiger partial charge in [0.15, 0.2) is 0 Å². The summed E-state index contributed by atoms with van der Waals surface area (Å²) in [5, 5.41) is 11.0. The molecule has 2 aromatic carbocycles. The van der Waals surface area contributed by atoms with Crippen molar-refractivity contribution in [2.45, 2.75) is 39.0 Å². The molecule has 3 rings (SSSR count). The Bertz CT molecular complexity index is 961. The summed E-state index contributed by atoms with van der Waals surface area (Å²) in [6.07, 6.45) is -4.39. The Hall–Kier alpha value is -1.99. The van der Waals surface area contributed by atoms with Crippen molar-refractivity contribution in [3.63, 3.8) is 0 Å². The number of carbonyl (C=O) groups is 1. The average molecular weight is 440 g/mol. The summed E-state index contributed by atoms with van der Waals surface area (Å²) in [4.78, 5) is 12.2. The third-order valence-electron chi connectivity index (χ3n) is 6.51. The molecule has 2 aromatic rings. The fourth-order valence-electron chi connectivity index (χ4n) is 4.46. The van der Waals surface area contributed by atoms with Crippen LogP contribution in [0.2, 0.25) is 0 Å². The maximum atomic E-state index is 14.1. The van der Waals surface area contributed by atoms with Gasteiger partial charge in [-0.05, 0) is 46.6 Å². The minimum Gasteiger partial charge on any atom is -0.372 e. The molecule has 1 atom stereocenters. The smallest absolute Gasteiger partial charge is 0.372 e. The van der Waals surface area contributed by atoms with Crippen LogP contribution in [0.5, 0.6) is 0 Å². The van der Waals surface area contributed by atoms with Gasteiger partial charge in [0.25, 0.3) is 0 Å². The first-order valence-corrected chi connectivity index (χ1v) is 12.5. The second-order valence-electron chi connectivity index (χ2n) is 7.73. The molecule has 0 aliphatic heterocycles. The Kier molecular flexibility index (Phi) is 6.00. The molecule has 3 nitrogen and oxygen atoms in total. The van der Waals surface area contributed by atoms with E-state index in [2.05, 4.69) is 20.8 Å². The number of halogens is 3. The molecule has 0 spiro atoms. The quantitative estimate of drug-likeness (QED) is 0.640. The average Bonchev–Trinajstić information content (AvgIpc) is 2.99. The molecule has 1 unspecified atom stereocenters. The largest absolute Gasteiger partial charge is 0.425 e. The number of amides is 1. The van der Waals surface area contributed by atoms with Crippen LogP contribution in [-0.4, -0.2) is 40.2 Å². The molecule has 30 heavy (non-hydrogen) atoms. The van der Waals surface area contributed by atoms with E-state index >= 15 is 0 Å². The topological polar surface area (TPSA) is 63.3 Å². The van der Waals surface area contributed by atoms with Gasteiger partial charge in [0, 0.05) is 22.3 Å². The number of aliphatic hydroxyl groups is 1. The van der Waals surface area contributed by atoms with Crippen molar-refractivity contribution in [2.75, 3.05) is 23.0 Å². The number of benzene rings is 2. The van der Waals surface area contributed by atoms with Crippen LogP contribution in [0.15, 0.2) is 36.4 Å². The summed E-state index contributed by atoms with van der Waals surface area (Å²) in [7, 11) is -0.867. The maximum Gasteiger partial charge on any atom is 0.425 e. The predicted octanol–water partition coefficient (Wildman–Crippen LogP) is 4.97. The number of carbonyl (C=O) groups excluding carboxylic acids is 1. The molecule has 164 valence electrons. The SMILES string of the molecule is CCS(CC)(CC)CCc1cc(C(N)=O)c2c(c1)C(O)(C(F)(F)F)c1ccccc1-2. The summed E-state index contributed by atoms with van der Waals surface area (Å²) in [6.45, 7) is 6.46. The summed E-state index contributed by atoms with van der Waals surface area (Å²) < 4.78 is 42.4. The van der Waals surface area contributed by atoms with Crippen LogP contribution in [0.25, 0.3) is 11.1 Å². The Morgan fingerprint density at radius 2 is 1.67 bits per heavy atom. The standard InChI is InChI=1S/C23H28F3NO2S/c1-4-30(5-2,6-3)12-11-15-13-17(21(27)28)20-16-9-7-8-10-18(16)22(29,19(20)14-15)23(24,25)26/h7-10,13-14,29H,4-6,11-12H2,1-3H3,(H2,27,28). The van der Waals surface area contributed by atoms with Crippen molar-refractivity contribution in [1.82, 2.24) is 0 Å². The Morgan fingerprint density at radius 3 is 2.20 bits per heavy atom. The van der Waals surface area contributed by atoms with E-state index in [0.717, 1.165) is 23.0 Å². The van der Waals surface area contributed by atoms with Gasteiger partial charge in [-0.25, -0.2) is 10.0 Å². The van der Waals surface area contributed by atoms with Crippen molar-refractivity contribution >= 4 is 15.9 Å². The Balaban J connectivity index is 2.20. The second kappa shape index (κ2) is 7.93. The number of aryl methyl sites for hydroxylation is 1. The molecule has 0 aromatic heterocycles. The molecule has 7 heteroatoms. The number of rotatable bonds is 7. The van der Waals surface area contributed by atoms with Gasteiger partial charge in [-0.15, -0.1) is 0 Å². The van der Waals surface area contributed by atoms with E-state index < -0.39 is 27.7 Å². The van der Waals surface area contributed by atoms with Gasteiger partial charge < -0.3 is 10.8 Å². The van der Waals surface area contributed by atoms with Gasteiger partial charge in [0.05, 0.1) is 0 Å². The lowest BCUT2D eigenvalue weighted by atomic mass is 9.88. The molecule has 0 saturated carbocycles. The van der Waals surface area contributed by atoms with Crippen LogP contribution in [0, 0.1) is 0 Å². The molecule has 0 saturated heterocycles.